The summed E-state index contributed by atoms with van der Waals surface area (Å²) in [7, 11) is 0. The fraction of sp³-hybridized carbons (Fsp3) is 0. The van der Waals surface area contributed by atoms with Crippen LogP contribution in [0.15, 0.2) is 29.3 Å². The molecule has 0 heterocycles. The Kier molecular flexibility index (Phi) is 2.68. The Labute approximate surface area is 73.3 Å². The van der Waals surface area contributed by atoms with Crippen molar-refractivity contribution >= 4 is 38.2 Å². The van der Waals surface area contributed by atoms with Gasteiger partial charge in [0.1, 0.15) is 0 Å². The third-order valence-electron chi connectivity index (χ3n) is 1.12. The molecule has 0 radical (unpaired) electrons. The molecule has 3 heteroatoms. The number of anilines is 1. The summed E-state index contributed by atoms with van der Waals surface area (Å²) in [5, 5.41) is 0. The Morgan fingerprint density at radius 2 is 2.10 bits per heavy atom. The lowest BCUT2D eigenvalue weighted by Gasteiger charge is -1.95. The number of aliphatic imine (C=N–C) groups is 1. The van der Waals surface area contributed by atoms with Crippen LogP contribution in [0.5, 0.6) is 0 Å². The first-order valence-electron chi connectivity index (χ1n) is 2.82. The van der Waals surface area contributed by atoms with Crippen molar-refractivity contribution in [1.29, 1.82) is 0 Å². The number of halogens is 1. The summed E-state index contributed by atoms with van der Waals surface area (Å²) in [5.41, 5.74) is 7.14. The molecule has 0 atom stereocenters. The van der Waals surface area contributed by atoms with Gasteiger partial charge >= 0.3 is 0 Å². The SMILES string of the molecule is Nc1ccccc1/N=C\I. The van der Waals surface area contributed by atoms with Crippen LogP contribution >= 0.6 is 22.6 Å². The van der Waals surface area contributed by atoms with Crippen LogP contribution in [0.4, 0.5) is 11.4 Å². The van der Waals surface area contributed by atoms with E-state index in [0.717, 1.165) is 11.4 Å². The average Bonchev–Trinajstić information content (AvgIpc) is 1.94. The van der Waals surface area contributed by atoms with Crippen LogP contribution in [-0.4, -0.2) is 4.22 Å². The number of hydrogen-bond donors (Lipinski definition) is 1. The zero-order chi connectivity index (χ0) is 7.40. The first kappa shape index (κ1) is 7.53. The van der Waals surface area contributed by atoms with E-state index in [4.69, 9.17) is 5.73 Å². The summed E-state index contributed by atoms with van der Waals surface area (Å²) in [6.07, 6.45) is 0. The molecule has 0 unspecified atom stereocenters. The molecule has 0 aliphatic rings. The molecule has 0 aromatic heterocycles. The fourth-order valence-corrected chi connectivity index (χ4v) is 0.958. The van der Waals surface area contributed by atoms with E-state index in [2.05, 4.69) is 27.6 Å². The second-order valence-electron chi connectivity index (χ2n) is 1.79. The number of rotatable bonds is 1. The largest absolute Gasteiger partial charge is 0.397 e. The van der Waals surface area contributed by atoms with Gasteiger partial charge in [-0.2, -0.15) is 0 Å². The molecule has 1 rings (SSSR count). The molecule has 0 amide bonds. The molecule has 10 heavy (non-hydrogen) atoms. The van der Waals surface area contributed by atoms with Crippen LogP contribution in [0.1, 0.15) is 0 Å². The molecule has 1 aromatic carbocycles. The Morgan fingerprint density at radius 3 is 2.70 bits per heavy atom. The second-order valence-corrected chi connectivity index (χ2v) is 2.34. The number of nitrogens with zero attached hydrogens (tertiary/aromatic N) is 1. The minimum atomic E-state index is 0.718. The second kappa shape index (κ2) is 3.55. The van der Waals surface area contributed by atoms with E-state index >= 15 is 0 Å². The van der Waals surface area contributed by atoms with Gasteiger partial charge in [-0.3, -0.25) is 0 Å². The normalized spacial score (nSPS) is 10.5. The predicted octanol–water partition coefficient (Wildman–Crippen LogP) is 2.36. The third kappa shape index (κ3) is 1.70. The zero-order valence-corrected chi connectivity index (χ0v) is 7.45. The predicted molar refractivity (Wildman–Crippen MR) is 53.0 cm³/mol. The maximum atomic E-state index is 5.59. The van der Waals surface area contributed by atoms with Crippen molar-refractivity contribution in [3.63, 3.8) is 0 Å². The summed E-state index contributed by atoms with van der Waals surface area (Å²) < 4.78 is 1.70. The van der Waals surface area contributed by atoms with Crippen LogP contribution in [-0.2, 0) is 0 Å². The average molecular weight is 246 g/mol. The number of hydrogen-bond acceptors (Lipinski definition) is 2. The van der Waals surface area contributed by atoms with E-state index < -0.39 is 0 Å². The first-order valence-corrected chi connectivity index (χ1v) is 4.06. The number of nitrogens with two attached hydrogens (primary N) is 1. The summed E-state index contributed by atoms with van der Waals surface area (Å²) >= 11 is 2.06. The lowest BCUT2D eigenvalue weighted by molar-refractivity contribution is 1.55. The van der Waals surface area contributed by atoms with Crippen LogP contribution in [0, 0.1) is 0 Å². The molecule has 0 spiro atoms. The highest BCUT2D eigenvalue weighted by molar-refractivity contribution is 14.1. The monoisotopic (exact) mass is 246 g/mol. The maximum Gasteiger partial charge on any atom is 0.0864 e. The van der Waals surface area contributed by atoms with Crippen LogP contribution < -0.4 is 5.73 Å². The highest BCUT2D eigenvalue weighted by atomic mass is 127. The van der Waals surface area contributed by atoms with Gasteiger partial charge in [0.05, 0.1) is 15.6 Å². The summed E-state index contributed by atoms with van der Waals surface area (Å²) in [6.45, 7) is 0. The van der Waals surface area contributed by atoms with Crippen molar-refractivity contribution in [3.05, 3.63) is 24.3 Å². The van der Waals surface area contributed by atoms with Gasteiger partial charge < -0.3 is 5.73 Å². The molecule has 0 saturated heterocycles. The van der Waals surface area contributed by atoms with Crippen molar-refractivity contribution in [2.24, 2.45) is 4.99 Å². The molecule has 2 nitrogen and oxygen atoms in total. The van der Waals surface area contributed by atoms with Gasteiger partial charge in [-0.05, 0) is 34.7 Å². The Bertz CT molecular complexity index is 245. The van der Waals surface area contributed by atoms with Crippen molar-refractivity contribution in [2.75, 3.05) is 5.73 Å². The van der Waals surface area contributed by atoms with Gasteiger partial charge in [0.2, 0.25) is 0 Å². The first-order chi connectivity index (χ1) is 4.84. The lowest BCUT2D eigenvalue weighted by Crippen LogP contribution is -1.82. The van der Waals surface area contributed by atoms with Crippen molar-refractivity contribution in [1.82, 2.24) is 0 Å². The van der Waals surface area contributed by atoms with Gasteiger partial charge in [0, 0.05) is 0 Å². The quantitative estimate of drug-likeness (QED) is 0.461. The van der Waals surface area contributed by atoms with Gasteiger partial charge in [-0.15, -0.1) is 0 Å². The minimum Gasteiger partial charge on any atom is -0.397 e. The fourth-order valence-electron chi connectivity index (χ4n) is 0.658. The Morgan fingerprint density at radius 1 is 1.40 bits per heavy atom. The third-order valence-corrected chi connectivity index (χ3v) is 1.40. The van der Waals surface area contributed by atoms with Crippen molar-refractivity contribution < 1.29 is 0 Å². The molecular weight excluding hydrogens is 239 g/mol. The highest BCUT2D eigenvalue weighted by Gasteiger charge is 1.90. The lowest BCUT2D eigenvalue weighted by atomic mass is 10.3. The topological polar surface area (TPSA) is 38.4 Å². The standard InChI is InChI=1S/C7H7IN2/c8-5-10-7-4-2-1-3-6(7)9/h1-5H,9H2/b10-5-. The molecular formula is C7H7IN2. The van der Waals surface area contributed by atoms with Gasteiger partial charge in [0.15, 0.2) is 0 Å². The van der Waals surface area contributed by atoms with Gasteiger partial charge in [-0.25, -0.2) is 4.99 Å². The van der Waals surface area contributed by atoms with Crippen LogP contribution in [0.25, 0.3) is 0 Å². The number of benzene rings is 1. The maximum absolute atomic E-state index is 5.59. The summed E-state index contributed by atoms with van der Waals surface area (Å²) in [5.74, 6) is 0. The Balaban J connectivity index is 3.03. The van der Waals surface area contributed by atoms with E-state index in [-0.39, 0.29) is 0 Å². The smallest absolute Gasteiger partial charge is 0.0864 e. The summed E-state index contributed by atoms with van der Waals surface area (Å²) in [4.78, 5) is 4.04. The van der Waals surface area contributed by atoms with E-state index in [9.17, 15) is 0 Å². The summed E-state index contributed by atoms with van der Waals surface area (Å²) in [6, 6.07) is 7.51. The molecule has 0 bridgehead atoms. The van der Waals surface area contributed by atoms with E-state index in [0.29, 0.717) is 0 Å². The minimum absolute atomic E-state index is 0.718. The zero-order valence-electron chi connectivity index (χ0n) is 5.29. The highest BCUT2D eigenvalue weighted by Crippen LogP contribution is 2.19. The Hall–Kier alpha value is -0.580. The molecule has 2 N–H and O–H groups in total. The molecule has 0 saturated carbocycles. The van der Waals surface area contributed by atoms with Crippen molar-refractivity contribution in [2.45, 2.75) is 0 Å². The van der Waals surface area contributed by atoms with E-state index in [1.54, 1.807) is 4.22 Å². The molecule has 52 valence electrons. The molecule has 0 aliphatic heterocycles. The van der Waals surface area contributed by atoms with E-state index in [1.165, 1.54) is 0 Å². The number of nitrogen functional groups attached to an aromatic ring is 1. The van der Waals surface area contributed by atoms with Crippen LogP contribution in [0.3, 0.4) is 0 Å². The van der Waals surface area contributed by atoms with Gasteiger partial charge in [0.25, 0.3) is 0 Å². The molecule has 1 aromatic rings. The van der Waals surface area contributed by atoms with E-state index in [1.807, 2.05) is 24.3 Å². The van der Waals surface area contributed by atoms with Crippen LogP contribution in [0.2, 0.25) is 0 Å². The van der Waals surface area contributed by atoms with Gasteiger partial charge in [-0.1, -0.05) is 12.1 Å². The molecule has 0 fully saturated rings. The van der Waals surface area contributed by atoms with Crippen molar-refractivity contribution in [3.8, 4) is 0 Å². The number of para-hydroxylation sites is 2. The molecule has 0 aliphatic carbocycles.